The molecule has 1 aromatic heterocycles. The second-order valence-corrected chi connectivity index (χ2v) is 5.77. The predicted molar refractivity (Wildman–Crippen MR) is 94.4 cm³/mol. The Morgan fingerprint density at radius 1 is 1.24 bits per heavy atom. The van der Waals surface area contributed by atoms with E-state index in [0.717, 1.165) is 0 Å². The second-order valence-electron chi connectivity index (χ2n) is 5.33. The molecule has 2 aromatic carbocycles. The Morgan fingerprint density at radius 2 is 1.96 bits per heavy atom. The van der Waals surface area contributed by atoms with E-state index < -0.39 is 0 Å². The molecule has 0 saturated carbocycles. The fraction of sp³-hybridized carbons (Fsp3) is 0.111. The second kappa shape index (κ2) is 7.21. The van der Waals surface area contributed by atoms with Gasteiger partial charge in [-0.3, -0.25) is 4.79 Å². The fourth-order valence-corrected chi connectivity index (χ4v) is 2.75. The molecular formula is C18H13ClN4O2. The highest BCUT2D eigenvalue weighted by molar-refractivity contribution is 6.30. The van der Waals surface area contributed by atoms with Gasteiger partial charge < -0.3 is 4.52 Å². The number of nitrogens with zero attached hydrogens (tertiary/aromatic N) is 4. The molecule has 0 fully saturated rings. The third-order valence-electron chi connectivity index (χ3n) is 3.76. The van der Waals surface area contributed by atoms with Crippen molar-refractivity contribution < 1.29 is 9.32 Å². The lowest BCUT2D eigenvalue weighted by Crippen LogP contribution is -2.04. The summed E-state index contributed by atoms with van der Waals surface area (Å²) >= 11 is 5.89. The van der Waals surface area contributed by atoms with Crippen LogP contribution in [-0.4, -0.2) is 10.9 Å². The molecule has 0 amide bonds. The quantitative estimate of drug-likeness (QED) is 0.268. The van der Waals surface area contributed by atoms with Crippen molar-refractivity contribution in [2.75, 3.05) is 0 Å². The summed E-state index contributed by atoms with van der Waals surface area (Å²) in [6.07, 6.45) is 0. The molecule has 0 saturated heterocycles. The van der Waals surface area contributed by atoms with E-state index in [2.05, 4.69) is 15.2 Å². The minimum Gasteiger partial charge on any atom is -0.361 e. The predicted octanol–water partition coefficient (Wildman–Crippen LogP) is 5.34. The van der Waals surface area contributed by atoms with E-state index in [4.69, 9.17) is 21.7 Å². The van der Waals surface area contributed by atoms with Gasteiger partial charge in [-0.05, 0) is 42.3 Å². The van der Waals surface area contributed by atoms with Gasteiger partial charge in [-0.15, -0.1) is 0 Å². The van der Waals surface area contributed by atoms with Crippen LogP contribution in [0.5, 0.6) is 0 Å². The monoisotopic (exact) mass is 352 g/mol. The number of carbonyl (C=O) groups is 1. The zero-order valence-electron chi connectivity index (χ0n) is 13.3. The number of hydrogen-bond acceptors (Lipinski definition) is 4. The number of ketones is 1. The summed E-state index contributed by atoms with van der Waals surface area (Å²) in [6, 6.07) is 13.9. The molecule has 3 rings (SSSR count). The number of carbonyl (C=O) groups excluding carboxylic acids is 1. The normalized spacial score (nSPS) is 10.3. The first kappa shape index (κ1) is 16.8. The zero-order chi connectivity index (χ0) is 17.8. The van der Waals surface area contributed by atoms with E-state index in [0.29, 0.717) is 38.7 Å². The molecule has 124 valence electrons. The lowest BCUT2D eigenvalue weighted by atomic mass is 9.93. The summed E-state index contributed by atoms with van der Waals surface area (Å²) in [5, 5.41) is 8.05. The minimum atomic E-state index is -0.136. The molecule has 0 aliphatic rings. The van der Waals surface area contributed by atoms with Gasteiger partial charge in [0.2, 0.25) is 0 Å². The SMILES string of the molecule is Cc1onc(CN=[N+]=[N-])c1-c1ccccc1C(=O)c1ccc(Cl)cc1. The van der Waals surface area contributed by atoms with Crippen molar-refractivity contribution in [3.05, 3.63) is 86.6 Å². The molecule has 7 heteroatoms. The lowest BCUT2D eigenvalue weighted by molar-refractivity contribution is 0.103. The van der Waals surface area contributed by atoms with Crippen molar-refractivity contribution in [1.82, 2.24) is 5.16 Å². The van der Waals surface area contributed by atoms with Crippen LogP contribution >= 0.6 is 11.6 Å². The maximum Gasteiger partial charge on any atom is 0.193 e. The van der Waals surface area contributed by atoms with Crippen LogP contribution in [0.3, 0.4) is 0 Å². The number of rotatable bonds is 5. The average Bonchev–Trinajstić information content (AvgIpc) is 3.00. The van der Waals surface area contributed by atoms with Gasteiger partial charge in [0.05, 0.1) is 12.2 Å². The van der Waals surface area contributed by atoms with E-state index in [1.807, 2.05) is 12.1 Å². The topological polar surface area (TPSA) is 91.9 Å². The molecule has 0 bridgehead atoms. The summed E-state index contributed by atoms with van der Waals surface area (Å²) in [6.45, 7) is 1.80. The molecule has 25 heavy (non-hydrogen) atoms. The third kappa shape index (κ3) is 3.40. The molecule has 1 heterocycles. The summed E-state index contributed by atoms with van der Waals surface area (Å²) in [5.74, 6) is 0.419. The number of azide groups is 1. The van der Waals surface area contributed by atoms with Crippen molar-refractivity contribution in [2.24, 2.45) is 5.11 Å². The molecule has 0 atom stereocenters. The molecule has 0 aliphatic heterocycles. The highest BCUT2D eigenvalue weighted by Gasteiger charge is 2.21. The van der Waals surface area contributed by atoms with Gasteiger partial charge in [0.25, 0.3) is 0 Å². The highest BCUT2D eigenvalue weighted by Crippen LogP contribution is 2.32. The molecule has 0 radical (unpaired) electrons. The number of benzene rings is 2. The Kier molecular flexibility index (Phi) is 4.84. The van der Waals surface area contributed by atoms with Crippen LogP contribution < -0.4 is 0 Å². The largest absolute Gasteiger partial charge is 0.361 e. The van der Waals surface area contributed by atoms with Gasteiger partial charge >= 0.3 is 0 Å². The van der Waals surface area contributed by atoms with E-state index in [9.17, 15) is 4.79 Å². The van der Waals surface area contributed by atoms with Crippen LogP contribution in [0.4, 0.5) is 0 Å². The van der Waals surface area contributed by atoms with Gasteiger partial charge in [-0.25, -0.2) is 0 Å². The van der Waals surface area contributed by atoms with Gasteiger partial charge in [-0.1, -0.05) is 46.1 Å². The smallest absolute Gasteiger partial charge is 0.193 e. The lowest BCUT2D eigenvalue weighted by Gasteiger charge is -2.09. The van der Waals surface area contributed by atoms with E-state index >= 15 is 0 Å². The highest BCUT2D eigenvalue weighted by atomic mass is 35.5. The molecular weight excluding hydrogens is 340 g/mol. The fourth-order valence-electron chi connectivity index (χ4n) is 2.63. The Bertz CT molecular complexity index is 973. The van der Waals surface area contributed by atoms with Crippen molar-refractivity contribution in [2.45, 2.75) is 13.5 Å². The van der Waals surface area contributed by atoms with Gasteiger partial charge in [0.15, 0.2) is 5.78 Å². The first-order valence-electron chi connectivity index (χ1n) is 7.47. The standard InChI is InChI=1S/C18H13ClN4O2/c1-11-17(16(22-25-11)10-21-23-20)14-4-2-3-5-15(14)18(24)12-6-8-13(19)9-7-12/h2-9H,10H2,1H3. The maximum absolute atomic E-state index is 12.9. The number of aromatic nitrogens is 1. The Balaban J connectivity index is 2.11. The summed E-state index contributed by atoms with van der Waals surface area (Å²) < 4.78 is 5.24. The van der Waals surface area contributed by atoms with E-state index in [-0.39, 0.29) is 12.3 Å². The van der Waals surface area contributed by atoms with E-state index in [1.165, 1.54) is 0 Å². The van der Waals surface area contributed by atoms with Crippen molar-refractivity contribution in [1.29, 1.82) is 0 Å². The van der Waals surface area contributed by atoms with Gasteiger partial charge in [0.1, 0.15) is 5.76 Å². The Labute approximate surface area is 148 Å². The first-order valence-corrected chi connectivity index (χ1v) is 7.85. The van der Waals surface area contributed by atoms with Crippen LogP contribution in [0.1, 0.15) is 27.4 Å². The van der Waals surface area contributed by atoms with Crippen LogP contribution in [0, 0.1) is 6.92 Å². The van der Waals surface area contributed by atoms with Crippen LogP contribution in [0.15, 0.2) is 58.2 Å². The van der Waals surface area contributed by atoms with Gasteiger partial charge in [0, 0.05) is 26.6 Å². The van der Waals surface area contributed by atoms with Crippen LogP contribution in [0.25, 0.3) is 21.6 Å². The van der Waals surface area contributed by atoms with Crippen molar-refractivity contribution in [3.8, 4) is 11.1 Å². The summed E-state index contributed by atoms with van der Waals surface area (Å²) in [7, 11) is 0. The Hall–Kier alpha value is -3.08. The summed E-state index contributed by atoms with van der Waals surface area (Å²) in [5.41, 5.74) is 11.4. The maximum atomic E-state index is 12.9. The molecule has 0 unspecified atom stereocenters. The van der Waals surface area contributed by atoms with Crippen molar-refractivity contribution >= 4 is 17.4 Å². The molecule has 0 aliphatic carbocycles. The Morgan fingerprint density at radius 3 is 2.68 bits per heavy atom. The van der Waals surface area contributed by atoms with E-state index in [1.54, 1.807) is 43.3 Å². The molecule has 6 nitrogen and oxygen atoms in total. The van der Waals surface area contributed by atoms with Gasteiger partial charge in [-0.2, -0.15) is 0 Å². The van der Waals surface area contributed by atoms with Crippen molar-refractivity contribution in [3.63, 3.8) is 0 Å². The van der Waals surface area contributed by atoms with Crippen LogP contribution in [-0.2, 0) is 6.54 Å². The number of hydrogen-bond donors (Lipinski definition) is 0. The first-order chi connectivity index (χ1) is 12.1. The molecule has 3 aromatic rings. The number of halogens is 1. The minimum absolute atomic E-state index is 0.0483. The third-order valence-corrected chi connectivity index (χ3v) is 4.02. The zero-order valence-corrected chi connectivity index (χ0v) is 14.1. The van der Waals surface area contributed by atoms with Crippen LogP contribution in [0.2, 0.25) is 5.02 Å². The summed E-state index contributed by atoms with van der Waals surface area (Å²) in [4.78, 5) is 15.7. The average molecular weight is 353 g/mol. The number of aryl methyl sites for hydroxylation is 1. The molecule has 0 N–H and O–H groups in total. The molecule has 0 spiro atoms.